The number of benzene rings is 1. The van der Waals surface area contributed by atoms with Gasteiger partial charge in [0, 0.05) is 6.20 Å². The summed E-state index contributed by atoms with van der Waals surface area (Å²) in [5.74, 6) is 0.419. The molecule has 0 radical (unpaired) electrons. The summed E-state index contributed by atoms with van der Waals surface area (Å²) in [6.07, 6.45) is 1.61. The van der Waals surface area contributed by atoms with Gasteiger partial charge >= 0.3 is 0 Å². The third-order valence-corrected chi connectivity index (χ3v) is 3.47. The average molecular weight is 255 g/mol. The first-order valence-corrected chi connectivity index (χ1v) is 6.07. The van der Waals surface area contributed by atoms with E-state index in [2.05, 4.69) is 4.98 Å². The van der Waals surface area contributed by atoms with Crippen LogP contribution in [-0.4, -0.2) is 29.1 Å². The van der Waals surface area contributed by atoms with Crippen molar-refractivity contribution in [1.29, 1.82) is 0 Å². The van der Waals surface area contributed by atoms with Gasteiger partial charge in [0.1, 0.15) is 17.8 Å². The molecule has 1 atom stereocenters. The molecule has 0 spiro atoms. The van der Waals surface area contributed by atoms with Crippen molar-refractivity contribution in [3.63, 3.8) is 0 Å². The highest BCUT2D eigenvalue weighted by Crippen LogP contribution is 2.35. The number of Topliss-reactive ketones (excluding diaryl/α,β-unsaturated/α-hetero) is 1. The summed E-state index contributed by atoms with van der Waals surface area (Å²) in [6, 6.07) is 12.4. The van der Waals surface area contributed by atoms with E-state index < -0.39 is 5.41 Å². The molecule has 0 fully saturated rings. The largest absolute Gasteiger partial charge is 0.491 e. The van der Waals surface area contributed by atoms with Crippen molar-refractivity contribution in [1.82, 2.24) is 4.98 Å². The first kappa shape index (κ1) is 11.9. The van der Waals surface area contributed by atoms with Gasteiger partial charge in [-0.25, -0.2) is 0 Å². The number of nitrogens with zero attached hydrogens (tertiary/aromatic N) is 1. The second kappa shape index (κ2) is 4.48. The first-order chi connectivity index (χ1) is 9.28. The maximum Gasteiger partial charge on any atom is 0.184 e. The number of hydrogen-bond acceptors (Lipinski definition) is 4. The van der Waals surface area contributed by atoms with E-state index in [1.165, 1.54) is 0 Å². The van der Waals surface area contributed by atoms with Crippen LogP contribution in [0.3, 0.4) is 0 Å². The topological polar surface area (TPSA) is 59.4 Å². The summed E-state index contributed by atoms with van der Waals surface area (Å²) in [4.78, 5) is 16.9. The van der Waals surface area contributed by atoms with Crippen LogP contribution < -0.4 is 4.74 Å². The molecule has 96 valence electrons. The van der Waals surface area contributed by atoms with Crippen LogP contribution in [0.5, 0.6) is 5.75 Å². The zero-order valence-electron chi connectivity index (χ0n) is 10.2. The van der Waals surface area contributed by atoms with Crippen LogP contribution in [0.1, 0.15) is 16.1 Å². The maximum atomic E-state index is 12.7. The predicted molar refractivity (Wildman–Crippen MR) is 69.3 cm³/mol. The summed E-state index contributed by atoms with van der Waals surface area (Å²) in [5, 5.41) is 9.75. The number of para-hydroxylation sites is 1. The van der Waals surface area contributed by atoms with Crippen molar-refractivity contribution >= 4 is 5.78 Å². The molecule has 1 aromatic carbocycles. The van der Waals surface area contributed by atoms with Gasteiger partial charge in [0.05, 0.1) is 17.9 Å². The minimum atomic E-state index is -1.10. The fourth-order valence-corrected chi connectivity index (χ4v) is 2.34. The van der Waals surface area contributed by atoms with E-state index in [-0.39, 0.29) is 19.0 Å². The first-order valence-electron chi connectivity index (χ1n) is 6.07. The SMILES string of the molecule is O=C1c2ccccc2OCC1(CO)c1ccccn1. The Labute approximate surface area is 110 Å². The number of rotatable bonds is 2. The van der Waals surface area contributed by atoms with E-state index in [0.29, 0.717) is 17.0 Å². The number of aliphatic hydroxyl groups excluding tert-OH is 1. The Hall–Kier alpha value is -2.20. The van der Waals surface area contributed by atoms with Gasteiger partial charge < -0.3 is 9.84 Å². The molecule has 2 aromatic rings. The molecule has 4 nitrogen and oxygen atoms in total. The highest BCUT2D eigenvalue weighted by Gasteiger charge is 2.46. The zero-order valence-corrected chi connectivity index (χ0v) is 10.2. The van der Waals surface area contributed by atoms with Gasteiger partial charge in [-0.1, -0.05) is 18.2 Å². The molecule has 0 amide bonds. The lowest BCUT2D eigenvalue weighted by Gasteiger charge is -2.34. The molecular formula is C15H13NO3. The number of pyridine rings is 1. The molecule has 3 rings (SSSR count). The number of ketones is 1. The number of fused-ring (bicyclic) bond motifs is 1. The Morgan fingerprint density at radius 2 is 2.00 bits per heavy atom. The molecule has 4 heteroatoms. The van der Waals surface area contributed by atoms with Crippen LogP contribution in [-0.2, 0) is 5.41 Å². The summed E-state index contributed by atoms with van der Waals surface area (Å²) in [7, 11) is 0. The molecule has 0 saturated carbocycles. The third kappa shape index (κ3) is 1.72. The highest BCUT2D eigenvalue weighted by molar-refractivity contribution is 6.07. The fourth-order valence-electron chi connectivity index (χ4n) is 2.34. The van der Waals surface area contributed by atoms with Gasteiger partial charge in [-0.3, -0.25) is 9.78 Å². The molecule has 0 saturated heterocycles. The Morgan fingerprint density at radius 1 is 1.21 bits per heavy atom. The van der Waals surface area contributed by atoms with Gasteiger partial charge in [-0.05, 0) is 24.3 Å². The van der Waals surface area contributed by atoms with E-state index in [9.17, 15) is 9.90 Å². The second-order valence-electron chi connectivity index (χ2n) is 4.57. The van der Waals surface area contributed by atoms with Crippen LogP contribution in [0.4, 0.5) is 0 Å². The van der Waals surface area contributed by atoms with Crippen LogP contribution >= 0.6 is 0 Å². The molecule has 1 aromatic heterocycles. The Bertz CT molecular complexity index is 612. The number of aliphatic hydroxyl groups is 1. The van der Waals surface area contributed by atoms with Crippen LogP contribution in [0.25, 0.3) is 0 Å². The quantitative estimate of drug-likeness (QED) is 0.885. The lowest BCUT2D eigenvalue weighted by atomic mass is 9.76. The number of ether oxygens (including phenoxy) is 1. The van der Waals surface area contributed by atoms with Crippen molar-refractivity contribution in [2.24, 2.45) is 0 Å². The van der Waals surface area contributed by atoms with Gasteiger partial charge in [0.2, 0.25) is 0 Å². The van der Waals surface area contributed by atoms with Gasteiger partial charge in [0.15, 0.2) is 5.78 Å². The molecular weight excluding hydrogens is 242 g/mol. The Morgan fingerprint density at radius 3 is 2.74 bits per heavy atom. The smallest absolute Gasteiger partial charge is 0.184 e. The molecule has 19 heavy (non-hydrogen) atoms. The van der Waals surface area contributed by atoms with Crippen LogP contribution in [0.15, 0.2) is 48.7 Å². The normalized spacial score (nSPS) is 21.6. The molecule has 0 aliphatic carbocycles. The fraction of sp³-hybridized carbons (Fsp3) is 0.200. The molecule has 0 bridgehead atoms. The monoisotopic (exact) mass is 255 g/mol. The number of hydrogen-bond donors (Lipinski definition) is 1. The predicted octanol–water partition coefficient (Wildman–Crippen LogP) is 1.59. The lowest BCUT2D eigenvalue weighted by molar-refractivity contribution is 0.0626. The molecule has 1 N–H and O–H groups in total. The van der Waals surface area contributed by atoms with E-state index in [4.69, 9.17) is 4.74 Å². The summed E-state index contributed by atoms with van der Waals surface area (Å²) in [5.41, 5.74) is -0.0687. The van der Waals surface area contributed by atoms with Gasteiger partial charge in [-0.2, -0.15) is 0 Å². The van der Waals surface area contributed by atoms with E-state index in [1.807, 2.05) is 6.07 Å². The van der Waals surface area contributed by atoms with Gasteiger partial charge in [-0.15, -0.1) is 0 Å². The number of aromatic nitrogens is 1. The Balaban J connectivity index is 2.13. The van der Waals surface area contributed by atoms with Crippen molar-refractivity contribution in [3.8, 4) is 5.75 Å². The zero-order chi connectivity index (χ0) is 13.3. The number of carbonyl (C=O) groups is 1. The van der Waals surface area contributed by atoms with Crippen LogP contribution in [0.2, 0.25) is 0 Å². The molecule has 1 aliphatic heterocycles. The van der Waals surface area contributed by atoms with Crippen LogP contribution in [0, 0.1) is 0 Å². The van der Waals surface area contributed by atoms with E-state index in [1.54, 1.807) is 42.6 Å². The average Bonchev–Trinajstić information content (AvgIpc) is 2.49. The summed E-state index contributed by atoms with van der Waals surface area (Å²) in [6.45, 7) is -0.215. The molecule has 2 heterocycles. The maximum absolute atomic E-state index is 12.7. The van der Waals surface area contributed by atoms with Crippen molar-refractivity contribution < 1.29 is 14.6 Å². The third-order valence-electron chi connectivity index (χ3n) is 3.47. The molecule has 1 aliphatic rings. The van der Waals surface area contributed by atoms with Crippen molar-refractivity contribution in [3.05, 3.63) is 59.9 Å². The second-order valence-corrected chi connectivity index (χ2v) is 4.57. The minimum absolute atomic E-state index is 0.107. The summed E-state index contributed by atoms with van der Waals surface area (Å²) < 4.78 is 5.63. The minimum Gasteiger partial charge on any atom is -0.491 e. The van der Waals surface area contributed by atoms with Crippen molar-refractivity contribution in [2.75, 3.05) is 13.2 Å². The standard InChI is InChI=1S/C15H13NO3/c17-9-15(13-7-3-4-8-16-13)10-19-12-6-2-1-5-11(12)14(15)18/h1-8,17H,9-10H2. The lowest BCUT2D eigenvalue weighted by Crippen LogP contribution is -2.48. The summed E-state index contributed by atoms with van der Waals surface area (Å²) >= 11 is 0. The Kier molecular flexibility index (Phi) is 2.80. The van der Waals surface area contributed by atoms with Gasteiger partial charge in [0.25, 0.3) is 0 Å². The van der Waals surface area contributed by atoms with E-state index >= 15 is 0 Å². The highest BCUT2D eigenvalue weighted by atomic mass is 16.5. The number of carbonyl (C=O) groups excluding carboxylic acids is 1. The van der Waals surface area contributed by atoms with E-state index in [0.717, 1.165) is 0 Å². The van der Waals surface area contributed by atoms with Crippen molar-refractivity contribution in [2.45, 2.75) is 5.41 Å². The molecule has 1 unspecified atom stereocenters.